The molecule has 0 saturated carbocycles. The molecule has 1 aromatic carbocycles. The third kappa shape index (κ3) is 3.70. The molecule has 1 unspecified atom stereocenters. The summed E-state index contributed by atoms with van der Waals surface area (Å²) in [7, 11) is 0. The zero-order valence-corrected chi connectivity index (χ0v) is 11.2. The van der Waals surface area contributed by atoms with Crippen LogP contribution in [0.15, 0.2) is 18.2 Å². The Bertz CT molecular complexity index is 443. The lowest BCUT2D eigenvalue weighted by molar-refractivity contribution is -0.138. The molecular weight excluding hydrogens is 253 g/mol. The van der Waals surface area contributed by atoms with Gasteiger partial charge in [-0.3, -0.25) is 4.90 Å². The molecule has 0 bridgehead atoms. The fraction of sp³-hybridized carbons (Fsp3) is 0.571. The quantitative estimate of drug-likeness (QED) is 0.890. The van der Waals surface area contributed by atoms with Crippen molar-refractivity contribution in [2.75, 3.05) is 19.6 Å². The summed E-state index contributed by atoms with van der Waals surface area (Å²) in [6.45, 7) is 6.49. The van der Waals surface area contributed by atoms with E-state index in [1.165, 1.54) is 6.07 Å². The Balaban J connectivity index is 2.20. The first-order valence-corrected chi connectivity index (χ1v) is 6.49. The van der Waals surface area contributed by atoms with E-state index in [-0.39, 0.29) is 0 Å². The minimum absolute atomic E-state index is 0.327. The van der Waals surface area contributed by atoms with Gasteiger partial charge in [0.05, 0.1) is 5.56 Å². The van der Waals surface area contributed by atoms with Gasteiger partial charge in [0.1, 0.15) is 0 Å². The molecule has 1 aromatic rings. The van der Waals surface area contributed by atoms with Crippen molar-refractivity contribution in [2.24, 2.45) is 0 Å². The van der Waals surface area contributed by atoms with E-state index in [2.05, 4.69) is 10.2 Å². The number of halogens is 3. The molecule has 2 nitrogen and oxygen atoms in total. The first-order chi connectivity index (χ1) is 8.86. The van der Waals surface area contributed by atoms with Crippen LogP contribution < -0.4 is 5.32 Å². The summed E-state index contributed by atoms with van der Waals surface area (Å²) in [5.74, 6) is 0. The maximum absolute atomic E-state index is 13.0. The van der Waals surface area contributed by atoms with Crippen LogP contribution in [0, 0.1) is 6.92 Å². The molecule has 5 heteroatoms. The van der Waals surface area contributed by atoms with Gasteiger partial charge in [0.15, 0.2) is 0 Å². The molecule has 1 N–H and O–H groups in total. The summed E-state index contributed by atoms with van der Waals surface area (Å²) >= 11 is 0. The Morgan fingerprint density at radius 1 is 1.37 bits per heavy atom. The first kappa shape index (κ1) is 14.3. The Morgan fingerprint density at radius 3 is 2.74 bits per heavy atom. The third-order valence-electron chi connectivity index (χ3n) is 3.42. The van der Waals surface area contributed by atoms with E-state index in [4.69, 9.17) is 0 Å². The van der Waals surface area contributed by atoms with Gasteiger partial charge in [-0.25, -0.2) is 0 Å². The lowest BCUT2D eigenvalue weighted by Gasteiger charge is -2.32. The SMILES string of the molecule is Cc1ccc(CN2CCNC(C)C2)c(C(F)(F)F)c1. The molecule has 0 amide bonds. The predicted octanol–water partition coefficient (Wildman–Crippen LogP) is 2.81. The number of benzene rings is 1. The molecule has 1 saturated heterocycles. The lowest BCUT2D eigenvalue weighted by atomic mass is 10.0. The summed E-state index contributed by atoms with van der Waals surface area (Å²) in [5, 5.41) is 3.29. The molecule has 1 atom stereocenters. The summed E-state index contributed by atoms with van der Waals surface area (Å²) < 4.78 is 39.1. The van der Waals surface area contributed by atoms with Crippen LogP contribution in [0.2, 0.25) is 0 Å². The van der Waals surface area contributed by atoms with E-state index in [0.717, 1.165) is 19.6 Å². The van der Waals surface area contributed by atoms with Crippen molar-refractivity contribution < 1.29 is 13.2 Å². The molecule has 19 heavy (non-hydrogen) atoms. The molecule has 106 valence electrons. The highest BCUT2D eigenvalue weighted by Crippen LogP contribution is 2.33. The second-order valence-electron chi connectivity index (χ2n) is 5.25. The summed E-state index contributed by atoms with van der Waals surface area (Å²) in [5.41, 5.74) is 0.510. The van der Waals surface area contributed by atoms with Gasteiger partial charge in [0, 0.05) is 32.2 Å². The van der Waals surface area contributed by atoms with Crippen LogP contribution in [0.5, 0.6) is 0 Å². The molecule has 1 fully saturated rings. The van der Waals surface area contributed by atoms with Crippen molar-refractivity contribution in [3.63, 3.8) is 0 Å². The van der Waals surface area contributed by atoms with E-state index in [1.807, 2.05) is 6.92 Å². The summed E-state index contributed by atoms with van der Waals surface area (Å²) in [4.78, 5) is 2.07. The number of aryl methyl sites for hydroxylation is 1. The van der Waals surface area contributed by atoms with Gasteiger partial charge in [0.25, 0.3) is 0 Å². The van der Waals surface area contributed by atoms with Gasteiger partial charge in [-0.2, -0.15) is 13.2 Å². The Hall–Kier alpha value is -1.07. The van der Waals surface area contributed by atoms with E-state index in [9.17, 15) is 13.2 Å². The fourth-order valence-electron chi connectivity index (χ4n) is 2.49. The van der Waals surface area contributed by atoms with Crippen LogP contribution in [-0.2, 0) is 12.7 Å². The highest BCUT2D eigenvalue weighted by Gasteiger charge is 2.33. The van der Waals surface area contributed by atoms with Gasteiger partial charge in [0.2, 0.25) is 0 Å². The fourth-order valence-corrected chi connectivity index (χ4v) is 2.49. The highest BCUT2D eigenvalue weighted by atomic mass is 19.4. The van der Waals surface area contributed by atoms with Gasteiger partial charge in [-0.1, -0.05) is 17.7 Å². The molecular formula is C14H19F3N2. The van der Waals surface area contributed by atoms with Crippen LogP contribution in [0.1, 0.15) is 23.6 Å². The topological polar surface area (TPSA) is 15.3 Å². The van der Waals surface area contributed by atoms with Crippen molar-refractivity contribution in [1.29, 1.82) is 0 Å². The Kier molecular flexibility index (Phi) is 4.16. The number of nitrogens with zero attached hydrogens (tertiary/aromatic N) is 1. The number of alkyl halides is 3. The minimum Gasteiger partial charge on any atom is -0.312 e. The first-order valence-electron chi connectivity index (χ1n) is 6.49. The summed E-state index contributed by atoms with van der Waals surface area (Å²) in [6.07, 6.45) is -4.28. The van der Waals surface area contributed by atoms with Crippen LogP contribution in [0.3, 0.4) is 0 Å². The minimum atomic E-state index is -4.28. The van der Waals surface area contributed by atoms with Crippen LogP contribution in [-0.4, -0.2) is 30.6 Å². The Labute approximate surface area is 111 Å². The predicted molar refractivity (Wildman–Crippen MR) is 68.9 cm³/mol. The lowest BCUT2D eigenvalue weighted by Crippen LogP contribution is -2.48. The third-order valence-corrected chi connectivity index (χ3v) is 3.42. The molecule has 1 aliphatic heterocycles. The molecule has 0 spiro atoms. The van der Waals surface area contributed by atoms with Crippen molar-refractivity contribution >= 4 is 0 Å². The van der Waals surface area contributed by atoms with Crippen molar-refractivity contribution in [1.82, 2.24) is 10.2 Å². The van der Waals surface area contributed by atoms with E-state index in [0.29, 0.717) is 23.7 Å². The number of piperazine rings is 1. The maximum atomic E-state index is 13.0. The highest BCUT2D eigenvalue weighted by molar-refractivity contribution is 5.33. The zero-order chi connectivity index (χ0) is 14.0. The van der Waals surface area contributed by atoms with E-state index < -0.39 is 11.7 Å². The van der Waals surface area contributed by atoms with Gasteiger partial charge in [-0.15, -0.1) is 0 Å². The monoisotopic (exact) mass is 272 g/mol. The Morgan fingerprint density at radius 2 is 2.11 bits per heavy atom. The standard InChI is InChI=1S/C14H19F3N2/c1-10-3-4-12(13(7-10)14(15,16)17)9-19-6-5-18-11(2)8-19/h3-4,7,11,18H,5-6,8-9H2,1-2H3. The second kappa shape index (κ2) is 5.51. The normalized spacial score (nSPS) is 21.6. The molecule has 1 heterocycles. The van der Waals surface area contributed by atoms with E-state index >= 15 is 0 Å². The number of hydrogen-bond donors (Lipinski definition) is 1. The average Bonchev–Trinajstić information content (AvgIpc) is 2.30. The van der Waals surface area contributed by atoms with Crippen molar-refractivity contribution in [2.45, 2.75) is 32.6 Å². The maximum Gasteiger partial charge on any atom is 0.416 e. The number of hydrogen-bond acceptors (Lipinski definition) is 2. The molecule has 2 rings (SSSR count). The molecule has 0 aromatic heterocycles. The van der Waals surface area contributed by atoms with Crippen molar-refractivity contribution in [3.05, 3.63) is 34.9 Å². The van der Waals surface area contributed by atoms with Gasteiger partial charge < -0.3 is 5.32 Å². The summed E-state index contributed by atoms with van der Waals surface area (Å²) in [6, 6.07) is 4.91. The smallest absolute Gasteiger partial charge is 0.312 e. The van der Waals surface area contributed by atoms with E-state index in [1.54, 1.807) is 19.1 Å². The largest absolute Gasteiger partial charge is 0.416 e. The zero-order valence-electron chi connectivity index (χ0n) is 11.2. The second-order valence-corrected chi connectivity index (χ2v) is 5.25. The van der Waals surface area contributed by atoms with Gasteiger partial charge >= 0.3 is 6.18 Å². The van der Waals surface area contributed by atoms with Crippen LogP contribution in [0.25, 0.3) is 0 Å². The van der Waals surface area contributed by atoms with Gasteiger partial charge in [-0.05, 0) is 25.5 Å². The number of rotatable bonds is 2. The molecule has 0 aliphatic carbocycles. The molecule has 1 aliphatic rings. The number of nitrogens with one attached hydrogen (secondary N) is 1. The average molecular weight is 272 g/mol. The van der Waals surface area contributed by atoms with Crippen molar-refractivity contribution in [3.8, 4) is 0 Å². The van der Waals surface area contributed by atoms with Crippen LogP contribution in [0.4, 0.5) is 13.2 Å². The van der Waals surface area contributed by atoms with Crippen LogP contribution >= 0.6 is 0 Å². The molecule has 0 radical (unpaired) electrons.